The van der Waals surface area contributed by atoms with Crippen LogP contribution in [0.2, 0.25) is 0 Å². The molecule has 0 aliphatic heterocycles. The maximum absolute atomic E-state index is 11.2. The second kappa shape index (κ2) is 5.76. The van der Waals surface area contributed by atoms with E-state index in [4.69, 9.17) is 5.11 Å². The van der Waals surface area contributed by atoms with Crippen LogP contribution in [-0.2, 0) is 16.1 Å². The number of carboxylic acid groups (broad SMARTS) is 1. The molecule has 1 unspecified atom stereocenters. The first-order valence-corrected chi connectivity index (χ1v) is 5.15. The van der Waals surface area contributed by atoms with Gasteiger partial charge in [0.15, 0.2) is 0 Å². The summed E-state index contributed by atoms with van der Waals surface area (Å²) >= 11 is 0. The fraction of sp³-hybridized carbons (Fsp3) is 0.300. The van der Waals surface area contributed by atoms with E-state index in [1.807, 2.05) is 0 Å². The van der Waals surface area contributed by atoms with E-state index in [-0.39, 0.29) is 6.54 Å². The Morgan fingerprint density at radius 3 is 2.68 bits per heavy atom. The molecule has 0 fully saturated rings. The molecule has 0 bridgehead atoms. The maximum atomic E-state index is 11.2. The molecule has 1 aromatic rings. The van der Waals surface area contributed by atoms with Crippen molar-refractivity contribution in [1.82, 2.24) is 9.88 Å². The lowest BCUT2D eigenvalue weighted by molar-refractivity contribution is -0.386. The number of hydrogen-bond acceptors (Lipinski definition) is 5. The topological polar surface area (TPSA) is 132 Å². The fourth-order valence-corrected chi connectivity index (χ4v) is 1.40. The van der Waals surface area contributed by atoms with Crippen LogP contribution in [0.25, 0.3) is 0 Å². The van der Waals surface area contributed by atoms with Crippen molar-refractivity contribution in [3.63, 3.8) is 0 Å². The van der Waals surface area contributed by atoms with Crippen LogP contribution in [0.1, 0.15) is 6.92 Å². The van der Waals surface area contributed by atoms with Crippen LogP contribution in [0, 0.1) is 10.1 Å². The van der Waals surface area contributed by atoms with Gasteiger partial charge in [0.1, 0.15) is 6.04 Å². The van der Waals surface area contributed by atoms with Gasteiger partial charge < -0.3 is 15.0 Å². The lowest BCUT2D eigenvalue weighted by Crippen LogP contribution is -2.42. The van der Waals surface area contributed by atoms with E-state index in [2.05, 4.69) is 5.32 Å². The van der Waals surface area contributed by atoms with Crippen molar-refractivity contribution < 1.29 is 19.6 Å². The first-order chi connectivity index (χ1) is 8.81. The molecule has 0 saturated carbocycles. The monoisotopic (exact) mass is 269 g/mol. The molecule has 0 spiro atoms. The lowest BCUT2D eigenvalue weighted by atomic mass is 10.2. The molecule has 0 radical (unpaired) electrons. The number of nitrogens with one attached hydrogen (secondary N) is 1. The number of carbonyl (C=O) groups excluding carboxylic acids is 1. The normalized spacial score (nSPS) is 11.6. The lowest BCUT2D eigenvalue weighted by Gasteiger charge is -2.14. The minimum Gasteiger partial charge on any atom is -0.480 e. The van der Waals surface area contributed by atoms with E-state index in [0.717, 1.165) is 23.8 Å². The standard InChI is InChI=1S/C10H11N3O6/c1-6(14)11-7(10(16)17)4-12-3-2-9(15)8(5-12)13(18)19/h2-3,5,7H,4H2,1H3,(H,11,14)(H,16,17). The van der Waals surface area contributed by atoms with Crippen molar-refractivity contribution in [2.75, 3.05) is 0 Å². The zero-order valence-electron chi connectivity index (χ0n) is 9.90. The molecule has 1 rings (SSSR count). The predicted molar refractivity (Wildman–Crippen MR) is 62.6 cm³/mol. The summed E-state index contributed by atoms with van der Waals surface area (Å²) < 4.78 is 1.16. The summed E-state index contributed by atoms with van der Waals surface area (Å²) in [6.45, 7) is 0.930. The van der Waals surface area contributed by atoms with Crippen molar-refractivity contribution in [2.24, 2.45) is 0 Å². The van der Waals surface area contributed by atoms with Crippen LogP contribution in [0.15, 0.2) is 23.3 Å². The van der Waals surface area contributed by atoms with Gasteiger partial charge in [-0.05, 0) is 0 Å². The number of carbonyl (C=O) groups is 2. The average molecular weight is 269 g/mol. The summed E-state index contributed by atoms with van der Waals surface area (Å²) in [5.74, 6) is -1.82. The highest BCUT2D eigenvalue weighted by Crippen LogP contribution is 2.03. The van der Waals surface area contributed by atoms with Gasteiger partial charge in [-0.3, -0.25) is 19.7 Å². The smallest absolute Gasteiger partial charge is 0.332 e. The molecule has 0 aliphatic rings. The Kier molecular flexibility index (Phi) is 4.35. The predicted octanol–water partition coefficient (Wildman–Crippen LogP) is -0.654. The number of hydrogen-bond donors (Lipinski definition) is 2. The summed E-state index contributed by atoms with van der Waals surface area (Å²) in [5.41, 5.74) is -1.43. The Balaban J connectivity index is 3.00. The quantitative estimate of drug-likeness (QED) is 0.539. The van der Waals surface area contributed by atoms with Gasteiger partial charge in [-0.15, -0.1) is 0 Å². The fourth-order valence-electron chi connectivity index (χ4n) is 1.40. The second-order valence-corrected chi connectivity index (χ2v) is 3.74. The third-order valence-corrected chi connectivity index (χ3v) is 2.22. The third-order valence-electron chi connectivity index (χ3n) is 2.22. The van der Waals surface area contributed by atoms with E-state index < -0.39 is 34.0 Å². The molecule has 1 atom stereocenters. The van der Waals surface area contributed by atoms with Crippen LogP contribution >= 0.6 is 0 Å². The zero-order valence-corrected chi connectivity index (χ0v) is 9.90. The Morgan fingerprint density at radius 1 is 1.58 bits per heavy atom. The molecule has 0 saturated heterocycles. The number of aliphatic carboxylic acids is 1. The van der Waals surface area contributed by atoms with Crippen molar-refractivity contribution >= 4 is 17.6 Å². The summed E-state index contributed by atoms with van der Waals surface area (Å²) in [5, 5.41) is 21.7. The number of aromatic nitrogens is 1. The third kappa shape index (κ3) is 3.91. The van der Waals surface area contributed by atoms with Gasteiger partial charge in [-0.25, -0.2) is 4.79 Å². The highest BCUT2D eigenvalue weighted by molar-refractivity contribution is 5.81. The van der Waals surface area contributed by atoms with Crippen LogP contribution in [0.3, 0.4) is 0 Å². The van der Waals surface area contributed by atoms with Gasteiger partial charge in [0.25, 0.3) is 5.43 Å². The second-order valence-electron chi connectivity index (χ2n) is 3.74. The number of rotatable bonds is 5. The van der Waals surface area contributed by atoms with Crippen LogP contribution in [-0.4, -0.2) is 32.5 Å². The minimum atomic E-state index is -1.28. The highest BCUT2D eigenvalue weighted by Gasteiger charge is 2.20. The average Bonchev–Trinajstić information content (AvgIpc) is 2.29. The van der Waals surface area contributed by atoms with Crippen molar-refractivity contribution in [3.05, 3.63) is 38.8 Å². The molecule has 1 aromatic heterocycles. The molecule has 0 aromatic carbocycles. The van der Waals surface area contributed by atoms with Gasteiger partial charge in [-0.2, -0.15) is 0 Å². The number of nitrogens with zero attached hydrogens (tertiary/aromatic N) is 2. The Bertz CT molecular complexity index is 579. The number of nitro groups is 1. The summed E-state index contributed by atoms with van der Waals surface area (Å²) in [4.78, 5) is 42.6. The molecule has 9 heteroatoms. The van der Waals surface area contributed by atoms with Crippen LogP contribution in [0.4, 0.5) is 5.69 Å². The first-order valence-electron chi connectivity index (χ1n) is 5.15. The summed E-state index contributed by atoms with van der Waals surface area (Å²) in [7, 11) is 0. The van der Waals surface area contributed by atoms with E-state index in [1.165, 1.54) is 6.20 Å². The molecule has 0 aliphatic carbocycles. The van der Waals surface area contributed by atoms with Crippen molar-refractivity contribution in [2.45, 2.75) is 19.5 Å². The zero-order chi connectivity index (χ0) is 14.6. The summed E-state index contributed by atoms with van der Waals surface area (Å²) in [6, 6.07) is -0.273. The largest absolute Gasteiger partial charge is 0.480 e. The Labute approximate surface area is 106 Å². The molecule has 102 valence electrons. The van der Waals surface area contributed by atoms with E-state index >= 15 is 0 Å². The molecule has 2 N–H and O–H groups in total. The Hall–Kier alpha value is -2.71. The molecule has 1 amide bonds. The summed E-state index contributed by atoms with van der Waals surface area (Å²) in [6.07, 6.45) is 2.15. The van der Waals surface area contributed by atoms with E-state index in [0.29, 0.717) is 0 Å². The molecular formula is C10H11N3O6. The highest BCUT2D eigenvalue weighted by atomic mass is 16.6. The van der Waals surface area contributed by atoms with Gasteiger partial charge in [-0.1, -0.05) is 0 Å². The number of amides is 1. The van der Waals surface area contributed by atoms with Gasteiger partial charge in [0, 0.05) is 19.2 Å². The molecule has 9 nitrogen and oxygen atoms in total. The SMILES string of the molecule is CC(=O)NC(Cn1ccc(=O)c([N+](=O)[O-])c1)C(=O)O. The van der Waals surface area contributed by atoms with Gasteiger partial charge in [0.2, 0.25) is 5.91 Å². The van der Waals surface area contributed by atoms with Gasteiger partial charge in [0.05, 0.1) is 17.7 Å². The van der Waals surface area contributed by atoms with E-state index in [1.54, 1.807) is 0 Å². The molecule has 1 heterocycles. The number of carboxylic acids is 1. The maximum Gasteiger partial charge on any atom is 0.332 e. The van der Waals surface area contributed by atoms with Gasteiger partial charge >= 0.3 is 11.7 Å². The number of pyridine rings is 1. The van der Waals surface area contributed by atoms with Crippen molar-refractivity contribution in [1.29, 1.82) is 0 Å². The Morgan fingerprint density at radius 2 is 2.21 bits per heavy atom. The van der Waals surface area contributed by atoms with Crippen molar-refractivity contribution in [3.8, 4) is 0 Å². The van der Waals surface area contributed by atoms with E-state index in [9.17, 15) is 24.5 Å². The molecule has 19 heavy (non-hydrogen) atoms. The molecular weight excluding hydrogens is 258 g/mol. The minimum absolute atomic E-state index is 0.226. The van der Waals surface area contributed by atoms with Crippen LogP contribution in [0.5, 0.6) is 0 Å². The first kappa shape index (κ1) is 14.4. The van der Waals surface area contributed by atoms with Crippen LogP contribution < -0.4 is 10.7 Å².